The Hall–Kier alpha value is -1.99. The minimum Gasteiger partial charge on any atom is -0.589 e. The first-order valence-electron chi connectivity index (χ1n) is 6.93. The average molecular weight is 322 g/mol. The van der Waals surface area contributed by atoms with Gasteiger partial charge in [-0.1, -0.05) is 23.3 Å². The fourth-order valence-electron chi connectivity index (χ4n) is 2.63. The number of carbonyl (C=O) groups excluding carboxylic acids is 2. The molecule has 7 heteroatoms. The van der Waals surface area contributed by atoms with Crippen LogP contribution in [-0.4, -0.2) is 16.4 Å². The molecule has 2 unspecified atom stereocenters. The molecule has 1 aromatic carbocycles. The Kier molecular flexibility index (Phi) is 4.48. The summed E-state index contributed by atoms with van der Waals surface area (Å²) in [6, 6.07) is 6.61. The Morgan fingerprint density at radius 2 is 2.05 bits per heavy atom. The van der Waals surface area contributed by atoms with Gasteiger partial charge in [0.25, 0.3) is 0 Å². The number of piperidine rings is 1. The molecule has 1 heterocycles. The van der Waals surface area contributed by atoms with Crippen molar-refractivity contribution in [1.29, 1.82) is 0 Å². The van der Waals surface area contributed by atoms with Gasteiger partial charge in [0, 0.05) is 6.42 Å². The zero-order valence-electron chi connectivity index (χ0n) is 12.3. The maximum absolute atomic E-state index is 12.3. The van der Waals surface area contributed by atoms with Crippen LogP contribution >= 0.6 is 0 Å². The normalized spacial score (nSPS) is 24.3. The molecule has 22 heavy (non-hydrogen) atoms. The van der Waals surface area contributed by atoms with Crippen LogP contribution in [0.2, 0.25) is 0 Å². The number of rotatable bonds is 5. The molecular formula is C15H18N2O4S. The topological polar surface area (TPSA) is 98.3 Å². The number of amides is 2. The monoisotopic (exact) mass is 322 g/mol. The molecule has 6 nitrogen and oxygen atoms in total. The zero-order valence-corrected chi connectivity index (χ0v) is 13.1. The molecule has 2 rings (SSSR count). The van der Waals surface area contributed by atoms with Crippen molar-refractivity contribution in [1.82, 2.24) is 5.32 Å². The second-order valence-electron chi connectivity index (χ2n) is 5.20. The fraction of sp³-hybridized carbons (Fsp3) is 0.333. The summed E-state index contributed by atoms with van der Waals surface area (Å²) in [6.45, 7) is 5.12. The minimum absolute atomic E-state index is 0.260. The summed E-state index contributed by atoms with van der Waals surface area (Å²) >= 11 is 0. The largest absolute Gasteiger partial charge is 0.589 e. The van der Waals surface area contributed by atoms with Gasteiger partial charge in [0.15, 0.2) is 10.4 Å². The highest BCUT2D eigenvalue weighted by molar-refractivity contribution is 8.01. The number of sulfonamides is 1. The number of carbonyl (C=O) groups is 2. The lowest BCUT2D eigenvalue weighted by molar-refractivity contribution is -0.138. The van der Waals surface area contributed by atoms with Gasteiger partial charge in [-0.2, -0.15) is 0 Å². The first kappa shape index (κ1) is 16.4. The Morgan fingerprint density at radius 3 is 2.55 bits per heavy atom. The predicted octanol–water partition coefficient (Wildman–Crippen LogP) is 1.87. The Bertz CT molecular complexity index is 656. The number of hydrogen-bond donors (Lipinski definition) is 2. The van der Waals surface area contributed by atoms with Crippen LogP contribution in [0.25, 0.3) is 0 Å². The van der Waals surface area contributed by atoms with E-state index in [1.807, 2.05) is 6.92 Å². The Labute approximate surface area is 130 Å². The van der Waals surface area contributed by atoms with Gasteiger partial charge in [0.05, 0.1) is 11.1 Å². The summed E-state index contributed by atoms with van der Waals surface area (Å²) in [4.78, 5) is 23.6. The van der Waals surface area contributed by atoms with Crippen LogP contribution < -0.4 is 10.0 Å². The molecule has 118 valence electrons. The molecule has 0 radical (unpaired) electrons. The third kappa shape index (κ3) is 3.10. The van der Waals surface area contributed by atoms with Crippen LogP contribution in [0.5, 0.6) is 0 Å². The zero-order chi connectivity index (χ0) is 16.4. The first-order chi connectivity index (χ1) is 10.3. The number of hydrogen-bond acceptors (Lipinski definition) is 4. The van der Waals surface area contributed by atoms with E-state index < -0.39 is 15.8 Å². The van der Waals surface area contributed by atoms with Gasteiger partial charge in [-0.25, -0.2) is 4.72 Å². The second kappa shape index (κ2) is 6.02. The van der Waals surface area contributed by atoms with Crippen LogP contribution in [-0.2, 0) is 29.6 Å². The fourth-order valence-corrected chi connectivity index (χ4v) is 3.18. The van der Waals surface area contributed by atoms with Crippen molar-refractivity contribution in [2.24, 2.45) is 0 Å². The van der Waals surface area contributed by atoms with E-state index in [1.54, 1.807) is 24.3 Å². The van der Waals surface area contributed by atoms with Gasteiger partial charge < -0.3 is 4.55 Å². The molecule has 0 aliphatic carbocycles. The van der Waals surface area contributed by atoms with Crippen molar-refractivity contribution in [3.8, 4) is 0 Å². The molecule has 1 aromatic rings. The second-order valence-corrected chi connectivity index (χ2v) is 6.83. The number of anilines is 1. The minimum atomic E-state index is -3.56. The standard InChI is InChI=1S/C15H18N2O4S/c1-3-15(10-9-13(18)16-14(15)19)11-5-7-12(8-6-11)17-22(20,21)4-2/h4-8H,2-3,9-10H2,1H3,(H2-,16,17,18,19,20,21). The molecule has 2 N–H and O–H groups in total. The number of imide groups is 1. The van der Waals surface area contributed by atoms with Gasteiger partial charge in [0.2, 0.25) is 11.8 Å². The highest BCUT2D eigenvalue weighted by Gasteiger charge is 2.42. The third-order valence-corrected chi connectivity index (χ3v) is 4.95. The van der Waals surface area contributed by atoms with E-state index >= 15 is 0 Å². The molecule has 2 amide bonds. The molecule has 2 atom stereocenters. The molecule has 1 fully saturated rings. The van der Waals surface area contributed by atoms with E-state index in [4.69, 9.17) is 0 Å². The summed E-state index contributed by atoms with van der Waals surface area (Å²) in [7, 11) is -3.56. The highest BCUT2D eigenvalue weighted by atomic mass is 32.3. The van der Waals surface area contributed by atoms with Crippen molar-refractivity contribution in [3.05, 3.63) is 41.8 Å². The summed E-state index contributed by atoms with van der Waals surface area (Å²) in [5.41, 5.74) is 0.410. The summed E-state index contributed by atoms with van der Waals surface area (Å²) in [5.74, 6) is -0.560. The van der Waals surface area contributed by atoms with Crippen molar-refractivity contribution in [2.75, 3.05) is 4.72 Å². The maximum Gasteiger partial charge on any atom is 0.237 e. The molecule has 0 aromatic heterocycles. The van der Waals surface area contributed by atoms with Crippen LogP contribution in [0.3, 0.4) is 0 Å². The average Bonchev–Trinajstić information content (AvgIpc) is 2.49. The van der Waals surface area contributed by atoms with Crippen LogP contribution in [0, 0.1) is 0 Å². The third-order valence-electron chi connectivity index (χ3n) is 3.99. The van der Waals surface area contributed by atoms with E-state index in [9.17, 15) is 18.4 Å². The van der Waals surface area contributed by atoms with E-state index in [0.717, 1.165) is 11.0 Å². The van der Waals surface area contributed by atoms with Gasteiger partial charge >= 0.3 is 0 Å². The lowest BCUT2D eigenvalue weighted by Gasteiger charge is -2.35. The van der Waals surface area contributed by atoms with Crippen molar-refractivity contribution < 1.29 is 18.4 Å². The van der Waals surface area contributed by atoms with Gasteiger partial charge in [-0.3, -0.25) is 14.9 Å². The van der Waals surface area contributed by atoms with E-state index in [1.165, 1.54) is 0 Å². The van der Waals surface area contributed by atoms with Gasteiger partial charge in [-0.15, -0.1) is 0 Å². The van der Waals surface area contributed by atoms with E-state index in [0.29, 0.717) is 24.9 Å². The van der Waals surface area contributed by atoms with Crippen molar-refractivity contribution in [2.45, 2.75) is 31.6 Å². The first-order valence-corrected chi connectivity index (χ1v) is 8.48. The Balaban J connectivity index is 2.28. The summed E-state index contributed by atoms with van der Waals surface area (Å²) in [5, 5.41) is 3.21. The van der Waals surface area contributed by atoms with Crippen molar-refractivity contribution >= 4 is 27.9 Å². The number of nitrogens with one attached hydrogen (secondary N) is 2. The summed E-state index contributed by atoms with van der Waals surface area (Å²) < 4.78 is 25.2. The summed E-state index contributed by atoms with van der Waals surface area (Å²) in [6.07, 6.45) is 1.31. The molecule has 0 saturated carbocycles. The van der Waals surface area contributed by atoms with E-state index in [2.05, 4.69) is 16.6 Å². The van der Waals surface area contributed by atoms with Gasteiger partial charge in [0.1, 0.15) is 5.41 Å². The van der Waals surface area contributed by atoms with Crippen molar-refractivity contribution in [3.63, 3.8) is 0 Å². The molecule has 0 bridgehead atoms. The SMILES string of the molecule is C=C[S+](=O)([O-])Nc1ccc(C2(CC)CCC(=O)NC2=O)cc1. The molecule has 1 aliphatic heterocycles. The lowest BCUT2D eigenvalue weighted by atomic mass is 9.72. The van der Waals surface area contributed by atoms with Crippen LogP contribution in [0.15, 0.2) is 36.3 Å². The van der Waals surface area contributed by atoms with Gasteiger partial charge in [-0.05, 0) is 37.1 Å². The maximum atomic E-state index is 12.3. The Morgan fingerprint density at radius 1 is 1.41 bits per heavy atom. The highest BCUT2D eigenvalue weighted by Crippen LogP contribution is 2.36. The van der Waals surface area contributed by atoms with Crippen LogP contribution in [0.4, 0.5) is 5.69 Å². The number of benzene rings is 1. The molecule has 1 aliphatic rings. The molecular weight excluding hydrogens is 304 g/mol. The quantitative estimate of drug-likeness (QED) is 0.638. The smallest absolute Gasteiger partial charge is 0.237 e. The van der Waals surface area contributed by atoms with Crippen LogP contribution in [0.1, 0.15) is 31.7 Å². The van der Waals surface area contributed by atoms with E-state index in [-0.39, 0.29) is 11.8 Å². The lowest BCUT2D eigenvalue weighted by Crippen LogP contribution is -2.51. The predicted molar refractivity (Wildman–Crippen MR) is 83.4 cm³/mol. The molecule has 0 spiro atoms. The molecule has 1 saturated heterocycles.